The first-order valence-electron chi connectivity index (χ1n) is 5.83. The number of carboxylic acid groups (broad SMARTS) is 1. The average molecular weight is 382 g/mol. The summed E-state index contributed by atoms with van der Waals surface area (Å²) in [4.78, 5) is 10.5. The van der Waals surface area contributed by atoms with Crippen molar-refractivity contribution in [3.05, 3.63) is 16.6 Å². The number of nitrogens with zero attached hydrogens (tertiary/aromatic N) is 1. The molecule has 0 saturated heterocycles. The van der Waals surface area contributed by atoms with Crippen LogP contribution in [0.25, 0.3) is 0 Å². The predicted molar refractivity (Wildman–Crippen MR) is 79.3 cm³/mol. The molecule has 7 nitrogen and oxygen atoms in total. The Morgan fingerprint density at radius 1 is 1.29 bits per heavy atom. The molecular weight excluding hydrogens is 366 g/mol. The molecule has 0 heterocycles. The average Bonchev–Trinajstić information content (AvgIpc) is 2.44. The second-order valence-corrected chi connectivity index (χ2v) is 6.98. The zero-order valence-electron chi connectivity index (χ0n) is 11.8. The Morgan fingerprint density at radius 2 is 1.86 bits per heavy atom. The molecule has 21 heavy (non-hydrogen) atoms. The van der Waals surface area contributed by atoms with Crippen LogP contribution in [0.2, 0.25) is 0 Å². The van der Waals surface area contributed by atoms with Crippen LogP contribution in [-0.2, 0) is 14.8 Å². The Balaban J connectivity index is 3.24. The van der Waals surface area contributed by atoms with Crippen LogP contribution >= 0.6 is 15.9 Å². The van der Waals surface area contributed by atoms with E-state index in [0.29, 0.717) is 10.2 Å². The third kappa shape index (κ3) is 4.08. The first-order chi connectivity index (χ1) is 9.73. The lowest BCUT2D eigenvalue weighted by Crippen LogP contribution is -2.29. The topological polar surface area (TPSA) is 93.1 Å². The maximum absolute atomic E-state index is 12.5. The minimum absolute atomic E-state index is 0.0643. The monoisotopic (exact) mass is 381 g/mol. The standard InChI is InChI=1S/C12H16BrNO6S/c1-14(5-4-12(15)16)21(17,18)11-6-8(13)9(19-2)7-10(11)20-3/h6-7H,4-5H2,1-3H3,(H,15,16). The van der Waals surface area contributed by atoms with Crippen molar-refractivity contribution >= 4 is 31.9 Å². The number of halogens is 1. The Morgan fingerprint density at radius 3 is 2.33 bits per heavy atom. The van der Waals surface area contributed by atoms with Gasteiger partial charge in [-0.05, 0) is 22.0 Å². The summed E-state index contributed by atoms with van der Waals surface area (Å²) in [6, 6.07) is 2.81. The minimum Gasteiger partial charge on any atom is -0.495 e. The quantitative estimate of drug-likeness (QED) is 0.770. The van der Waals surface area contributed by atoms with Crippen LogP contribution in [0, 0.1) is 0 Å². The maximum Gasteiger partial charge on any atom is 0.304 e. The third-order valence-corrected chi connectivity index (χ3v) is 5.26. The van der Waals surface area contributed by atoms with Crippen molar-refractivity contribution in [3.63, 3.8) is 0 Å². The molecule has 118 valence electrons. The van der Waals surface area contributed by atoms with Crippen LogP contribution in [0.15, 0.2) is 21.5 Å². The van der Waals surface area contributed by atoms with Gasteiger partial charge in [0.2, 0.25) is 10.0 Å². The number of benzene rings is 1. The number of carboxylic acids is 1. The number of sulfonamides is 1. The van der Waals surface area contributed by atoms with Gasteiger partial charge in [0.15, 0.2) is 0 Å². The van der Waals surface area contributed by atoms with Crippen molar-refractivity contribution in [1.29, 1.82) is 0 Å². The molecule has 0 spiro atoms. The molecule has 0 amide bonds. The molecule has 0 saturated carbocycles. The van der Waals surface area contributed by atoms with E-state index < -0.39 is 16.0 Å². The molecule has 0 aliphatic rings. The first-order valence-corrected chi connectivity index (χ1v) is 8.07. The molecule has 1 aromatic rings. The molecule has 0 fully saturated rings. The van der Waals surface area contributed by atoms with E-state index in [-0.39, 0.29) is 23.6 Å². The zero-order chi connectivity index (χ0) is 16.2. The zero-order valence-corrected chi connectivity index (χ0v) is 14.2. The first kappa shape index (κ1) is 17.7. The van der Waals surface area contributed by atoms with Crippen molar-refractivity contribution < 1.29 is 27.8 Å². The normalized spacial score (nSPS) is 11.5. The number of hydrogen-bond acceptors (Lipinski definition) is 5. The summed E-state index contributed by atoms with van der Waals surface area (Å²) in [5.41, 5.74) is 0. The fourth-order valence-corrected chi connectivity index (χ4v) is 3.56. The molecule has 1 aromatic carbocycles. The van der Waals surface area contributed by atoms with E-state index in [1.165, 1.54) is 33.4 Å². The summed E-state index contributed by atoms with van der Waals surface area (Å²) in [7, 11) is 0.247. The molecule has 1 rings (SSSR count). The summed E-state index contributed by atoms with van der Waals surface area (Å²) in [5, 5.41) is 8.64. The van der Waals surface area contributed by atoms with Gasteiger partial charge in [-0.1, -0.05) is 0 Å². The van der Waals surface area contributed by atoms with Gasteiger partial charge in [0.1, 0.15) is 16.4 Å². The maximum atomic E-state index is 12.5. The Hall–Kier alpha value is -1.32. The molecule has 1 N–H and O–H groups in total. The van der Waals surface area contributed by atoms with Crippen LogP contribution in [0.1, 0.15) is 6.42 Å². The van der Waals surface area contributed by atoms with Gasteiger partial charge in [-0.25, -0.2) is 12.7 Å². The second kappa shape index (κ2) is 7.10. The lowest BCUT2D eigenvalue weighted by Gasteiger charge is -2.19. The highest BCUT2D eigenvalue weighted by molar-refractivity contribution is 9.10. The molecule has 0 atom stereocenters. The SMILES string of the molecule is COc1cc(OC)c(S(=O)(=O)N(C)CCC(=O)O)cc1Br. The molecule has 0 bridgehead atoms. The van der Waals surface area contributed by atoms with E-state index >= 15 is 0 Å². The summed E-state index contributed by atoms with van der Waals surface area (Å²) in [6.45, 7) is -0.134. The van der Waals surface area contributed by atoms with Crippen molar-refractivity contribution in [2.75, 3.05) is 27.8 Å². The number of aliphatic carboxylic acids is 1. The van der Waals surface area contributed by atoms with E-state index in [0.717, 1.165) is 4.31 Å². The van der Waals surface area contributed by atoms with Gasteiger partial charge < -0.3 is 14.6 Å². The van der Waals surface area contributed by atoms with E-state index in [2.05, 4.69) is 15.9 Å². The molecular formula is C12H16BrNO6S. The molecule has 0 unspecified atom stereocenters. The number of rotatable bonds is 7. The summed E-state index contributed by atoms with van der Waals surface area (Å²) in [5.74, 6) is -0.517. The molecule has 0 aromatic heterocycles. The van der Waals surface area contributed by atoms with Crippen LogP contribution in [0.4, 0.5) is 0 Å². The largest absolute Gasteiger partial charge is 0.495 e. The smallest absolute Gasteiger partial charge is 0.304 e. The highest BCUT2D eigenvalue weighted by atomic mass is 79.9. The fraction of sp³-hybridized carbons (Fsp3) is 0.417. The van der Waals surface area contributed by atoms with Crippen LogP contribution in [0.5, 0.6) is 11.5 Å². The lowest BCUT2D eigenvalue weighted by molar-refractivity contribution is -0.137. The summed E-state index contributed by atoms with van der Waals surface area (Å²) >= 11 is 3.22. The molecule has 0 radical (unpaired) electrons. The van der Waals surface area contributed by atoms with Gasteiger partial charge >= 0.3 is 5.97 Å². The highest BCUT2D eigenvalue weighted by Gasteiger charge is 2.26. The highest BCUT2D eigenvalue weighted by Crippen LogP contribution is 2.36. The van der Waals surface area contributed by atoms with Gasteiger partial charge in [-0.3, -0.25) is 4.79 Å². The summed E-state index contributed by atoms with van der Waals surface area (Å²) < 4.78 is 36.5. The van der Waals surface area contributed by atoms with E-state index in [1.54, 1.807) is 0 Å². The Bertz CT molecular complexity index is 631. The number of hydrogen-bond donors (Lipinski definition) is 1. The third-order valence-electron chi connectivity index (χ3n) is 2.77. The van der Waals surface area contributed by atoms with Gasteiger partial charge in [0.25, 0.3) is 0 Å². The van der Waals surface area contributed by atoms with Crippen LogP contribution < -0.4 is 9.47 Å². The van der Waals surface area contributed by atoms with Crippen LogP contribution in [-0.4, -0.2) is 51.6 Å². The van der Waals surface area contributed by atoms with Gasteiger partial charge in [0.05, 0.1) is 25.1 Å². The predicted octanol–water partition coefficient (Wildman–Crippen LogP) is 1.56. The second-order valence-electron chi connectivity index (χ2n) is 4.11. The Kier molecular flexibility index (Phi) is 5.99. The summed E-state index contributed by atoms with van der Waals surface area (Å²) in [6.07, 6.45) is -0.282. The van der Waals surface area contributed by atoms with E-state index in [1.807, 2.05) is 0 Å². The lowest BCUT2D eigenvalue weighted by atomic mass is 10.3. The van der Waals surface area contributed by atoms with Gasteiger partial charge in [0, 0.05) is 19.7 Å². The minimum atomic E-state index is -3.87. The molecule has 9 heteroatoms. The van der Waals surface area contributed by atoms with Crippen LogP contribution in [0.3, 0.4) is 0 Å². The number of carbonyl (C=O) groups is 1. The number of methoxy groups -OCH3 is 2. The van der Waals surface area contributed by atoms with Gasteiger partial charge in [-0.2, -0.15) is 0 Å². The van der Waals surface area contributed by atoms with Crippen molar-refractivity contribution in [3.8, 4) is 11.5 Å². The number of ether oxygens (including phenoxy) is 2. The molecule has 0 aliphatic heterocycles. The van der Waals surface area contributed by atoms with Gasteiger partial charge in [-0.15, -0.1) is 0 Å². The van der Waals surface area contributed by atoms with Crippen molar-refractivity contribution in [1.82, 2.24) is 4.31 Å². The fourth-order valence-electron chi connectivity index (χ4n) is 1.58. The Labute approximate surface area is 131 Å². The van der Waals surface area contributed by atoms with E-state index in [9.17, 15) is 13.2 Å². The van der Waals surface area contributed by atoms with Crippen molar-refractivity contribution in [2.45, 2.75) is 11.3 Å². The molecule has 0 aliphatic carbocycles. The van der Waals surface area contributed by atoms with E-state index in [4.69, 9.17) is 14.6 Å². The van der Waals surface area contributed by atoms with Crippen molar-refractivity contribution in [2.24, 2.45) is 0 Å².